The molecule has 0 radical (unpaired) electrons. The maximum absolute atomic E-state index is 10.4. The third-order valence-electron chi connectivity index (χ3n) is 1.90. The summed E-state index contributed by atoms with van der Waals surface area (Å²) in [6.07, 6.45) is 2.33. The van der Waals surface area contributed by atoms with Crippen LogP contribution in [0.25, 0.3) is 0 Å². The van der Waals surface area contributed by atoms with Crippen molar-refractivity contribution < 1.29 is 4.92 Å². The van der Waals surface area contributed by atoms with E-state index >= 15 is 0 Å². The zero-order chi connectivity index (χ0) is 12.3. The van der Waals surface area contributed by atoms with Crippen LogP contribution in [0.4, 0.5) is 11.6 Å². The van der Waals surface area contributed by atoms with E-state index in [2.05, 4.69) is 15.3 Å². The minimum atomic E-state index is -0.539. The Labute approximate surface area is 105 Å². The molecule has 0 bridgehead atoms. The number of hydrogen-bond acceptors (Lipinski definition) is 6. The number of nitrogens with one attached hydrogen (secondary N) is 1. The lowest BCUT2D eigenvalue weighted by Gasteiger charge is -2.01. The topological polar surface area (TPSA) is 81.0 Å². The molecule has 0 spiro atoms. The fourth-order valence-electron chi connectivity index (χ4n) is 1.12. The maximum atomic E-state index is 10.4. The molecule has 88 valence electrons. The zero-order valence-corrected chi connectivity index (χ0v) is 10.0. The van der Waals surface area contributed by atoms with Gasteiger partial charge in [-0.2, -0.15) is 0 Å². The number of hydrogen-bond donors (Lipinski definition) is 1. The van der Waals surface area contributed by atoms with Crippen LogP contribution in [0, 0.1) is 10.1 Å². The molecule has 2 heterocycles. The van der Waals surface area contributed by atoms with Crippen molar-refractivity contribution in [2.45, 2.75) is 6.54 Å². The summed E-state index contributed by atoms with van der Waals surface area (Å²) in [7, 11) is 0. The van der Waals surface area contributed by atoms with Crippen molar-refractivity contribution in [1.29, 1.82) is 0 Å². The van der Waals surface area contributed by atoms with E-state index in [4.69, 9.17) is 11.6 Å². The molecular weight excluding hydrogens is 264 g/mol. The van der Waals surface area contributed by atoms with Crippen LogP contribution in [-0.2, 0) is 6.54 Å². The highest BCUT2D eigenvalue weighted by Crippen LogP contribution is 2.21. The van der Waals surface area contributed by atoms with E-state index in [-0.39, 0.29) is 5.69 Å². The van der Waals surface area contributed by atoms with E-state index in [1.807, 2.05) is 6.07 Å². The van der Waals surface area contributed by atoms with Gasteiger partial charge in [0, 0.05) is 4.88 Å². The smallest absolute Gasteiger partial charge is 0.305 e. The van der Waals surface area contributed by atoms with E-state index < -0.39 is 4.92 Å². The molecule has 8 heteroatoms. The highest BCUT2D eigenvalue weighted by atomic mass is 35.5. The maximum Gasteiger partial charge on any atom is 0.305 e. The lowest BCUT2D eigenvalue weighted by molar-refractivity contribution is -0.385. The Hall–Kier alpha value is -1.73. The molecule has 2 rings (SSSR count). The van der Waals surface area contributed by atoms with Gasteiger partial charge in [0.25, 0.3) is 0 Å². The zero-order valence-electron chi connectivity index (χ0n) is 8.46. The molecule has 0 fully saturated rings. The number of rotatable bonds is 4. The van der Waals surface area contributed by atoms with Gasteiger partial charge in [0.2, 0.25) is 5.95 Å². The molecule has 0 aliphatic carbocycles. The second-order valence-corrected chi connectivity index (χ2v) is 4.88. The van der Waals surface area contributed by atoms with Gasteiger partial charge < -0.3 is 5.32 Å². The van der Waals surface area contributed by atoms with Crippen molar-refractivity contribution in [3.05, 3.63) is 43.9 Å². The molecule has 0 aromatic carbocycles. The first-order valence-corrected chi connectivity index (χ1v) is 5.79. The Balaban J connectivity index is 1.97. The van der Waals surface area contributed by atoms with Crippen molar-refractivity contribution in [1.82, 2.24) is 9.97 Å². The van der Waals surface area contributed by atoms with Crippen molar-refractivity contribution in [3.8, 4) is 0 Å². The van der Waals surface area contributed by atoms with Crippen LogP contribution < -0.4 is 5.32 Å². The largest absolute Gasteiger partial charge is 0.349 e. The summed E-state index contributed by atoms with van der Waals surface area (Å²) >= 11 is 7.24. The third-order valence-corrected chi connectivity index (χ3v) is 3.13. The lowest BCUT2D eigenvalue weighted by Crippen LogP contribution is -2.02. The van der Waals surface area contributed by atoms with Crippen molar-refractivity contribution >= 4 is 34.6 Å². The number of nitrogens with zero attached hydrogens (tertiary/aromatic N) is 3. The lowest BCUT2D eigenvalue weighted by atomic mass is 10.5. The third kappa shape index (κ3) is 3.11. The van der Waals surface area contributed by atoms with E-state index in [1.165, 1.54) is 11.3 Å². The van der Waals surface area contributed by atoms with Gasteiger partial charge in [-0.3, -0.25) is 10.1 Å². The van der Waals surface area contributed by atoms with Gasteiger partial charge in [-0.15, -0.1) is 11.3 Å². The number of thiophene rings is 1. The minimum absolute atomic E-state index is 0.130. The van der Waals surface area contributed by atoms with Crippen LogP contribution in [0.2, 0.25) is 4.34 Å². The molecular formula is C9H7ClN4O2S. The molecule has 0 saturated carbocycles. The molecule has 0 atom stereocenters. The van der Waals surface area contributed by atoms with Crippen LogP contribution in [0.3, 0.4) is 0 Å². The second-order valence-electron chi connectivity index (χ2n) is 3.08. The summed E-state index contributed by atoms with van der Waals surface area (Å²) in [5.41, 5.74) is -0.130. The normalized spacial score (nSPS) is 10.2. The molecule has 6 nitrogen and oxygen atoms in total. The average Bonchev–Trinajstić information content (AvgIpc) is 2.73. The summed E-state index contributed by atoms with van der Waals surface area (Å²) in [6, 6.07) is 3.70. The van der Waals surface area contributed by atoms with Crippen LogP contribution in [0.5, 0.6) is 0 Å². The average molecular weight is 271 g/mol. The quantitative estimate of drug-likeness (QED) is 0.682. The van der Waals surface area contributed by atoms with E-state index in [0.717, 1.165) is 17.3 Å². The fraction of sp³-hybridized carbons (Fsp3) is 0.111. The Morgan fingerprint density at radius 1 is 1.41 bits per heavy atom. The molecule has 0 unspecified atom stereocenters. The van der Waals surface area contributed by atoms with Gasteiger partial charge in [-0.25, -0.2) is 9.97 Å². The highest BCUT2D eigenvalue weighted by molar-refractivity contribution is 7.16. The highest BCUT2D eigenvalue weighted by Gasteiger charge is 2.06. The first kappa shape index (κ1) is 11.7. The predicted molar refractivity (Wildman–Crippen MR) is 65.3 cm³/mol. The van der Waals surface area contributed by atoms with Crippen molar-refractivity contribution in [3.63, 3.8) is 0 Å². The SMILES string of the molecule is O=[N+]([O-])c1cnc(NCc2ccc(Cl)s2)nc1. The Morgan fingerprint density at radius 3 is 2.65 bits per heavy atom. The van der Waals surface area contributed by atoms with Gasteiger partial charge in [0.1, 0.15) is 12.4 Å². The predicted octanol–water partition coefficient (Wildman–Crippen LogP) is 2.71. The molecule has 1 N–H and O–H groups in total. The number of nitro groups is 1. The molecule has 17 heavy (non-hydrogen) atoms. The summed E-state index contributed by atoms with van der Waals surface area (Å²) in [5, 5.41) is 13.3. The van der Waals surface area contributed by atoms with E-state index in [0.29, 0.717) is 16.8 Å². The monoisotopic (exact) mass is 270 g/mol. The Morgan fingerprint density at radius 2 is 2.12 bits per heavy atom. The first-order chi connectivity index (χ1) is 8.15. The summed E-state index contributed by atoms with van der Waals surface area (Å²) in [4.78, 5) is 18.5. The summed E-state index contributed by atoms with van der Waals surface area (Å²) in [6.45, 7) is 0.537. The molecule has 2 aromatic heterocycles. The first-order valence-electron chi connectivity index (χ1n) is 4.59. The molecule has 0 aliphatic heterocycles. The van der Waals surface area contributed by atoms with Crippen LogP contribution >= 0.6 is 22.9 Å². The van der Waals surface area contributed by atoms with Gasteiger partial charge in [-0.05, 0) is 12.1 Å². The molecule has 2 aromatic rings. The van der Waals surface area contributed by atoms with Crippen LogP contribution in [0.15, 0.2) is 24.5 Å². The summed E-state index contributed by atoms with van der Waals surface area (Å²) < 4.78 is 0.714. The van der Waals surface area contributed by atoms with E-state index in [1.54, 1.807) is 6.07 Å². The fourth-order valence-corrected chi connectivity index (χ4v) is 2.15. The van der Waals surface area contributed by atoms with Gasteiger partial charge >= 0.3 is 5.69 Å². The molecule has 0 amide bonds. The number of anilines is 1. The molecule has 0 saturated heterocycles. The van der Waals surface area contributed by atoms with E-state index in [9.17, 15) is 10.1 Å². The van der Waals surface area contributed by atoms with Gasteiger partial charge in [0.05, 0.1) is 15.8 Å². The van der Waals surface area contributed by atoms with Crippen LogP contribution in [0.1, 0.15) is 4.88 Å². The van der Waals surface area contributed by atoms with Crippen LogP contribution in [-0.4, -0.2) is 14.9 Å². The Bertz CT molecular complexity index is 528. The summed E-state index contributed by atoms with van der Waals surface area (Å²) in [5.74, 6) is 0.347. The number of aromatic nitrogens is 2. The molecule has 0 aliphatic rings. The second kappa shape index (κ2) is 5.07. The van der Waals surface area contributed by atoms with Crippen molar-refractivity contribution in [2.75, 3.05) is 5.32 Å². The van der Waals surface area contributed by atoms with Crippen molar-refractivity contribution in [2.24, 2.45) is 0 Å². The Kier molecular flexibility index (Phi) is 3.50. The number of halogens is 1. The van der Waals surface area contributed by atoms with Gasteiger partial charge in [0.15, 0.2) is 0 Å². The van der Waals surface area contributed by atoms with Gasteiger partial charge in [-0.1, -0.05) is 11.6 Å². The standard InChI is InChI=1S/C9H7ClN4O2S/c10-8-2-1-7(17-8)5-13-9-11-3-6(4-12-9)14(15)16/h1-4H,5H2,(H,11,12,13). The minimum Gasteiger partial charge on any atom is -0.349 e.